The summed E-state index contributed by atoms with van der Waals surface area (Å²) in [6.07, 6.45) is 4.04. The fourth-order valence-corrected chi connectivity index (χ4v) is 2.95. The normalized spacial score (nSPS) is 21.6. The predicted octanol–water partition coefficient (Wildman–Crippen LogP) is 5.56. The lowest BCUT2D eigenvalue weighted by atomic mass is 9.68. The number of nitrogens with two attached hydrogens (primary N) is 1. The highest BCUT2D eigenvalue weighted by Crippen LogP contribution is 2.43. The Morgan fingerprint density at radius 2 is 1.38 bits per heavy atom. The molecule has 0 aliphatic carbocycles. The highest BCUT2D eigenvalue weighted by atomic mass is 16.5. The van der Waals surface area contributed by atoms with Gasteiger partial charge in [-0.1, -0.05) is 34.6 Å². The molecule has 0 aromatic heterocycles. The van der Waals surface area contributed by atoms with Crippen LogP contribution in [-0.2, 0) is 9.47 Å². The van der Waals surface area contributed by atoms with E-state index in [1.807, 2.05) is 0 Å². The maximum Gasteiger partial charge on any atom is 0.0706 e. The van der Waals surface area contributed by atoms with E-state index in [0.717, 1.165) is 32.3 Å². The molecule has 0 saturated heterocycles. The third-order valence-corrected chi connectivity index (χ3v) is 6.46. The molecule has 0 radical (unpaired) electrons. The van der Waals surface area contributed by atoms with Crippen LogP contribution in [-0.4, -0.2) is 30.0 Å². The van der Waals surface area contributed by atoms with E-state index in [9.17, 15) is 0 Å². The summed E-state index contributed by atoms with van der Waals surface area (Å²) < 4.78 is 12.5. The van der Waals surface area contributed by atoms with Crippen LogP contribution < -0.4 is 5.73 Å². The Hall–Kier alpha value is -0.120. The summed E-state index contributed by atoms with van der Waals surface area (Å²) in [5.41, 5.74) is 6.06. The van der Waals surface area contributed by atoms with Crippen molar-refractivity contribution >= 4 is 0 Å². The van der Waals surface area contributed by atoms with Gasteiger partial charge in [0.2, 0.25) is 0 Å². The third-order valence-electron chi connectivity index (χ3n) is 6.46. The average molecular weight is 344 g/mol. The van der Waals surface area contributed by atoms with Crippen LogP contribution in [0.1, 0.15) is 94.9 Å². The summed E-state index contributed by atoms with van der Waals surface area (Å²) in [5, 5.41) is 0. The summed E-state index contributed by atoms with van der Waals surface area (Å²) in [5.74, 6) is 0.334. The highest BCUT2D eigenvalue weighted by Gasteiger charge is 2.43. The minimum absolute atomic E-state index is 0.0872. The lowest BCUT2D eigenvalue weighted by Gasteiger charge is -2.47. The van der Waals surface area contributed by atoms with Crippen LogP contribution in [0.4, 0.5) is 0 Å². The molecule has 4 unspecified atom stereocenters. The van der Waals surface area contributed by atoms with E-state index in [2.05, 4.69) is 69.2 Å². The fraction of sp³-hybridized carbons (Fsp3) is 1.00. The summed E-state index contributed by atoms with van der Waals surface area (Å²) in [7, 11) is 0. The molecule has 0 fully saturated rings. The standard InChI is InChI=1S/C21H45NO2/c1-11-19(8,14-15-23-18(5,6)7)21(10,13-3)24-16-17(4)20(9,22)12-2/h17H,11-16,22H2,1-10H3. The number of hydrogen-bond donors (Lipinski definition) is 1. The molecular weight excluding hydrogens is 298 g/mol. The lowest BCUT2D eigenvalue weighted by molar-refractivity contribution is -0.147. The Kier molecular flexibility index (Phi) is 8.96. The van der Waals surface area contributed by atoms with Gasteiger partial charge in [-0.3, -0.25) is 0 Å². The summed E-state index contributed by atoms with van der Waals surface area (Å²) in [4.78, 5) is 0. The first-order valence-electron chi connectivity index (χ1n) is 9.83. The summed E-state index contributed by atoms with van der Waals surface area (Å²) >= 11 is 0. The number of rotatable bonds is 11. The zero-order chi connectivity index (χ0) is 19.2. The maximum atomic E-state index is 6.53. The van der Waals surface area contributed by atoms with Crippen LogP contribution in [0.15, 0.2) is 0 Å². The van der Waals surface area contributed by atoms with Gasteiger partial charge in [-0.15, -0.1) is 0 Å². The van der Waals surface area contributed by atoms with Gasteiger partial charge in [-0.2, -0.15) is 0 Å². The van der Waals surface area contributed by atoms with Crippen LogP contribution >= 0.6 is 0 Å². The molecule has 2 N–H and O–H groups in total. The van der Waals surface area contributed by atoms with Crippen LogP contribution in [0.5, 0.6) is 0 Å². The molecule has 0 bridgehead atoms. The largest absolute Gasteiger partial charge is 0.376 e. The van der Waals surface area contributed by atoms with Gasteiger partial charge < -0.3 is 15.2 Å². The molecule has 0 amide bonds. The minimum atomic E-state index is -0.174. The molecule has 0 aliphatic rings. The van der Waals surface area contributed by atoms with Gasteiger partial charge in [0.05, 0.1) is 17.8 Å². The van der Waals surface area contributed by atoms with Gasteiger partial charge >= 0.3 is 0 Å². The first-order valence-corrected chi connectivity index (χ1v) is 9.83. The zero-order valence-electron chi connectivity index (χ0n) is 18.2. The molecule has 0 aromatic rings. The lowest BCUT2D eigenvalue weighted by Crippen LogP contribution is -2.50. The smallest absolute Gasteiger partial charge is 0.0706 e. The Morgan fingerprint density at radius 1 is 0.833 bits per heavy atom. The fourth-order valence-electron chi connectivity index (χ4n) is 2.95. The molecule has 146 valence electrons. The van der Waals surface area contributed by atoms with Crippen LogP contribution in [0, 0.1) is 11.3 Å². The molecule has 0 saturated carbocycles. The van der Waals surface area contributed by atoms with E-state index in [1.165, 1.54) is 0 Å². The first-order chi connectivity index (χ1) is 10.8. The van der Waals surface area contributed by atoms with E-state index in [0.29, 0.717) is 12.5 Å². The molecule has 3 heteroatoms. The van der Waals surface area contributed by atoms with Crippen molar-refractivity contribution in [2.75, 3.05) is 13.2 Å². The topological polar surface area (TPSA) is 44.5 Å². The molecular formula is C21H45NO2. The molecule has 0 heterocycles. The molecule has 24 heavy (non-hydrogen) atoms. The van der Waals surface area contributed by atoms with Crippen molar-refractivity contribution in [1.29, 1.82) is 0 Å². The number of ether oxygens (including phenoxy) is 2. The minimum Gasteiger partial charge on any atom is -0.376 e. The Bertz CT molecular complexity index is 361. The van der Waals surface area contributed by atoms with Crippen molar-refractivity contribution in [3.05, 3.63) is 0 Å². The van der Waals surface area contributed by atoms with Gasteiger partial charge in [0, 0.05) is 12.1 Å². The predicted molar refractivity (Wildman–Crippen MR) is 105 cm³/mol. The highest BCUT2D eigenvalue weighted by molar-refractivity contribution is 4.94. The van der Waals surface area contributed by atoms with Crippen LogP contribution in [0.25, 0.3) is 0 Å². The van der Waals surface area contributed by atoms with E-state index in [-0.39, 0.29) is 22.2 Å². The molecule has 0 spiro atoms. The quantitative estimate of drug-likeness (QED) is 0.534. The second kappa shape index (κ2) is 9.00. The van der Waals surface area contributed by atoms with Crippen molar-refractivity contribution in [3.8, 4) is 0 Å². The van der Waals surface area contributed by atoms with Crippen LogP contribution in [0.2, 0.25) is 0 Å². The van der Waals surface area contributed by atoms with Gasteiger partial charge in [-0.05, 0) is 71.6 Å². The summed E-state index contributed by atoms with van der Waals surface area (Å²) in [6.45, 7) is 23.4. The molecule has 4 atom stereocenters. The van der Waals surface area contributed by atoms with E-state index in [4.69, 9.17) is 15.2 Å². The van der Waals surface area contributed by atoms with Crippen molar-refractivity contribution < 1.29 is 9.47 Å². The van der Waals surface area contributed by atoms with E-state index in [1.54, 1.807) is 0 Å². The van der Waals surface area contributed by atoms with Crippen molar-refractivity contribution in [2.45, 2.75) is 112 Å². The van der Waals surface area contributed by atoms with Crippen molar-refractivity contribution in [1.82, 2.24) is 0 Å². The Morgan fingerprint density at radius 3 is 1.75 bits per heavy atom. The second-order valence-corrected chi connectivity index (χ2v) is 9.28. The maximum absolute atomic E-state index is 6.53. The molecule has 3 nitrogen and oxygen atoms in total. The van der Waals surface area contributed by atoms with E-state index >= 15 is 0 Å². The van der Waals surface area contributed by atoms with Gasteiger partial charge in [0.15, 0.2) is 0 Å². The average Bonchev–Trinajstić information content (AvgIpc) is 2.50. The van der Waals surface area contributed by atoms with Gasteiger partial charge in [0.1, 0.15) is 0 Å². The SMILES string of the molecule is CCC(C)(N)C(C)COC(C)(CC)C(C)(CC)CCOC(C)(C)C. The Labute approximate surface area is 152 Å². The summed E-state index contributed by atoms with van der Waals surface area (Å²) in [6, 6.07) is 0. The van der Waals surface area contributed by atoms with E-state index < -0.39 is 0 Å². The zero-order valence-corrected chi connectivity index (χ0v) is 18.2. The first kappa shape index (κ1) is 23.9. The second-order valence-electron chi connectivity index (χ2n) is 9.28. The van der Waals surface area contributed by atoms with Gasteiger partial charge in [0.25, 0.3) is 0 Å². The molecule has 0 aliphatic heterocycles. The molecule has 0 aromatic carbocycles. The van der Waals surface area contributed by atoms with Gasteiger partial charge in [-0.25, -0.2) is 0 Å². The van der Waals surface area contributed by atoms with Crippen molar-refractivity contribution in [3.63, 3.8) is 0 Å². The number of hydrogen-bond acceptors (Lipinski definition) is 3. The molecule has 0 rings (SSSR count). The third kappa shape index (κ3) is 6.65. The van der Waals surface area contributed by atoms with Crippen LogP contribution in [0.3, 0.4) is 0 Å². The Balaban J connectivity index is 4.99. The van der Waals surface area contributed by atoms with Crippen molar-refractivity contribution in [2.24, 2.45) is 17.1 Å². The monoisotopic (exact) mass is 343 g/mol.